The first-order valence-electron chi connectivity index (χ1n) is 2.79. The van der Waals surface area contributed by atoms with Crippen molar-refractivity contribution in [3.05, 3.63) is 27.8 Å². The number of hydrogen-bond acceptors (Lipinski definition) is 3. The summed E-state index contributed by atoms with van der Waals surface area (Å²) in [6.45, 7) is 0. The van der Waals surface area contributed by atoms with Gasteiger partial charge in [-0.25, -0.2) is 0 Å². The van der Waals surface area contributed by atoms with Crippen molar-refractivity contribution in [3.8, 4) is 0 Å². The Kier molecular flexibility index (Phi) is 4.99. The van der Waals surface area contributed by atoms with Crippen LogP contribution in [0.1, 0.15) is 0 Å². The molecule has 0 amide bonds. The molecule has 0 saturated carbocycles. The molecule has 0 bridgehead atoms. The molecule has 0 fully saturated rings. The van der Waals surface area contributed by atoms with Crippen molar-refractivity contribution >= 4 is 35.5 Å². The molecule has 0 aromatic heterocycles. The quantitative estimate of drug-likeness (QED) is 0.403. The molecular formula is C6H4CuIO3P. The average Bonchev–Trinajstić information content (AvgIpc) is 1.86. The summed E-state index contributed by atoms with van der Waals surface area (Å²) in [5, 5.41) is -0.124. The van der Waals surface area contributed by atoms with Gasteiger partial charge < -0.3 is 14.4 Å². The molecule has 1 radical (unpaired) electrons. The molecule has 1 aromatic rings. The fourth-order valence-corrected chi connectivity index (χ4v) is 2.55. The van der Waals surface area contributed by atoms with Crippen LogP contribution >= 0.6 is 30.2 Å². The van der Waals surface area contributed by atoms with Crippen LogP contribution in [-0.2, 0) is 21.6 Å². The summed E-state index contributed by atoms with van der Waals surface area (Å²) in [6, 6.07) is 6.10. The van der Waals surface area contributed by atoms with Gasteiger partial charge in [0.2, 0.25) is 0 Å². The van der Waals surface area contributed by atoms with Gasteiger partial charge in [0, 0.05) is 3.57 Å². The Morgan fingerprint density at radius 2 is 1.75 bits per heavy atom. The molecule has 1 aromatic carbocycles. The fraction of sp³-hybridized carbons (Fsp3) is 0. The molecule has 0 atom stereocenters. The summed E-state index contributed by atoms with van der Waals surface area (Å²) in [5.41, 5.74) is 0. The first-order chi connectivity index (χ1) is 5.02. The van der Waals surface area contributed by atoms with Crippen molar-refractivity contribution < 1.29 is 31.4 Å². The van der Waals surface area contributed by atoms with E-state index in [9.17, 15) is 14.4 Å². The second-order valence-electron chi connectivity index (χ2n) is 1.95. The van der Waals surface area contributed by atoms with Gasteiger partial charge in [0.1, 0.15) is 0 Å². The Morgan fingerprint density at radius 1 is 1.25 bits per heavy atom. The van der Waals surface area contributed by atoms with Crippen LogP contribution in [0.5, 0.6) is 0 Å². The Morgan fingerprint density at radius 3 is 2.08 bits per heavy atom. The maximum absolute atomic E-state index is 10.5. The minimum Gasteiger partial charge on any atom is -0.807 e. The second kappa shape index (κ2) is 4.74. The van der Waals surface area contributed by atoms with Crippen LogP contribution in [-0.4, -0.2) is 0 Å². The first-order valence-corrected chi connectivity index (χ1v) is 5.41. The maximum atomic E-state index is 10.5. The number of hydrogen-bond donors (Lipinski definition) is 0. The molecule has 0 aliphatic carbocycles. The van der Waals surface area contributed by atoms with Crippen LogP contribution in [0.25, 0.3) is 0 Å². The molecule has 0 N–H and O–H groups in total. The van der Waals surface area contributed by atoms with Crippen LogP contribution in [0.4, 0.5) is 0 Å². The molecule has 0 saturated heterocycles. The van der Waals surface area contributed by atoms with Crippen LogP contribution in [0.15, 0.2) is 24.3 Å². The van der Waals surface area contributed by atoms with E-state index in [2.05, 4.69) is 0 Å². The van der Waals surface area contributed by atoms with Gasteiger partial charge in [-0.1, -0.05) is 18.2 Å². The zero-order valence-electron chi connectivity index (χ0n) is 5.66. The first kappa shape index (κ1) is 12.6. The van der Waals surface area contributed by atoms with Crippen molar-refractivity contribution in [2.45, 2.75) is 0 Å². The molecule has 0 spiro atoms. The van der Waals surface area contributed by atoms with Gasteiger partial charge in [-0.3, -0.25) is 0 Å². The van der Waals surface area contributed by atoms with E-state index in [1.54, 1.807) is 12.1 Å². The Balaban J connectivity index is 0.00000121. The molecule has 0 heterocycles. The van der Waals surface area contributed by atoms with Crippen molar-refractivity contribution in [3.63, 3.8) is 0 Å². The summed E-state index contributed by atoms with van der Waals surface area (Å²) in [6.07, 6.45) is 0. The zero-order valence-corrected chi connectivity index (χ0v) is 9.65. The number of halogens is 1. The topological polar surface area (TPSA) is 63.2 Å². The summed E-state index contributed by atoms with van der Waals surface area (Å²) in [4.78, 5) is 21.0. The van der Waals surface area contributed by atoms with Crippen molar-refractivity contribution in [1.82, 2.24) is 0 Å². The molecule has 6 heteroatoms. The summed E-state index contributed by atoms with van der Waals surface area (Å²) in [7, 11) is -4.56. The van der Waals surface area contributed by atoms with E-state index in [4.69, 9.17) is 0 Å². The molecule has 1 rings (SSSR count). The van der Waals surface area contributed by atoms with E-state index < -0.39 is 7.60 Å². The Hall–Kier alpha value is 0.619. The molecule has 0 aliphatic heterocycles. The van der Waals surface area contributed by atoms with E-state index in [0.717, 1.165) is 0 Å². The molecular weight excluding hydrogens is 341 g/mol. The molecule has 0 aliphatic rings. The van der Waals surface area contributed by atoms with Gasteiger partial charge in [-0.15, -0.1) is 0 Å². The van der Waals surface area contributed by atoms with Crippen molar-refractivity contribution in [2.75, 3.05) is 0 Å². The normalized spacial score (nSPS) is 10.6. The Labute approximate surface area is 94.3 Å². The standard InChI is InChI=1S/C6H6IO3P.Cu/c7-5-3-1-2-4-6(5)11(8,9)10;/h1-4H,(H2,8,9,10);/q;+2/p-2. The van der Waals surface area contributed by atoms with Crippen molar-refractivity contribution in [2.24, 2.45) is 0 Å². The van der Waals surface area contributed by atoms with Gasteiger partial charge in [-0.05, 0) is 41.6 Å². The van der Waals surface area contributed by atoms with Crippen LogP contribution in [0, 0.1) is 3.57 Å². The van der Waals surface area contributed by atoms with Crippen LogP contribution < -0.4 is 15.1 Å². The smallest absolute Gasteiger partial charge is 0.807 e. The predicted molar refractivity (Wildman–Crippen MR) is 46.4 cm³/mol. The molecule has 12 heavy (non-hydrogen) atoms. The van der Waals surface area contributed by atoms with Gasteiger partial charge in [0.05, 0.1) is 0 Å². The minimum atomic E-state index is -4.56. The van der Waals surface area contributed by atoms with Crippen molar-refractivity contribution in [1.29, 1.82) is 0 Å². The largest absolute Gasteiger partial charge is 2.00 e. The monoisotopic (exact) mass is 345 g/mol. The van der Waals surface area contributed by atoms with Gasteiger partial charge in [0.15, 0.2) is 0 Å². The summed E-state index contributed by atoms with van der Waals surface area (Å²) >= 11 is 1.81. The molecule has 3 nitrogen and oxygen atoms in total. The summed E-state index contributed by atoms with van der Waals surface area (Å²) < 4.78 is 11.0. The fourth-order valence-electron chi connectivity index (χ4n) is 0.674. The van der Waals surface area contributed by atoms with E-state index in [1.807, 2.05) is 22.6 Å². The van der Waals surface area contributed by atoms with E-state index in [0.29, 0.717) is 3.57 Å². The Bertz CT molecular complexity index is 311. The van der Waals surface area contributed by atoms with Gasteiger partial charge >= 0.3 is 17.1 Å². The number of benzene rings is 1. The van der Waals surface area contributed by atoms with Gasteiger partial charge in [0.25, 0.3) is 0 Å². The third kappa shape index (κ3) is 3.17. The predicted octanol–water partition coefficient (Wildman–Crippen LogP) is -0.172. The minimum absolute atomic E-state index is 0. The molecule has 69 valence electrons. The van der Waals surface area contributed by atoms with Crippen LogP contribution in [0.3, 0.4) is 0 Å². The zero-order chi connectivity index (χ0) is 8.48. The second-order valence-corrected chi connectivity index (χ2v) is 4.59. The molecule has 0 unspecified atom stereocenters. The third-order valence-corrected chi connectivity index (χ3v) is 3.49. The van der Waals surface area contributed by atoms with Gasteiger partial charge in [-0.2, -0.15) is 0 Å². The SMILES string of the molecule is O=P([O-])([O-])c1ccccc1I.[Cu+2]. The third-order valence-electron chi connectivity index (χ3n) is 1.15. The van der Waals surface area contributed by atoms with E-state index in [-0.39, 0.29) is 22.4 Å². The maximum Gasteiger partial charge on any atom is 2.00 e. The average molecular weight is 346 g/mol. The van der Waals surface area contributed by atoms with Crippen LogP contribution in [0.2, 0.25) is 0 Å². The number of rotatable bonds is 1. The summed E-state index contributed by atoms with van der Waals surface area (Å²) in [5.74, 6) is 0. The van der Waals surface area contributed by atoms with E-state index >= 15 is 0 Å². The van der Waals surface area contributed by atoms with E-state index in [1.165, 1.54) is 12.1 Å².